The number of ether oxygens (including phenoxy) is 6. The maximum atomic E-state index is 14.9. The van der Waals surface area contributed by atoms with Crippen molar-refractivity contribution >= 4 is 23.9 Å². The monoisotopic (exact) mass is 901 g/mol. The van der Waals surface area contributed by atoms with Crippen LogP contribution in [0.4, 0.5) is 4.39 Å². The van der Waals surface area contributed by atoms with Crippen molar-refractivity contribution in [2.24, 2.45) is 0 Å². The fourth-order valence-electron chi connectivity index (χ4n) is 7.11. The van der Waals surface area contributed by atoms with E-state index in [2.05, 4.69) is 13.2 Å². The molecule has 356 valence electrons. The van der Waals surface area contributed by atoms with Crippen molar-refractivity contribution in [3.8, 4) is 23.0 Å². The summed E-state index contributed by atoms with van der Waals surface area (Å²) < 4.78 is 47.3. The highest BCUT2D eigenvalue weighted by Crippen LogP contribution is 2.25. The van der Waals surface area contributed by atoms with Gasteiger partial charge in [-0.25, -0.2) is 23.6 Å². The van der Waals surface area contributed by atoms with E-state index in [-0.39, 0.29) is 34.6 Å². The SMILES string of the molecule is C=CC(=O)OCCCCCCCCCCCCCCOc1ccc(C(=O)Oc2ccc(OC(=O)c3ccc(OCCCCCCCCCCCCCCOC(=O)C=C)cc3)c(F)c2)cc1. The van der Waals surface area contributed by atoms with E-state index >= 15 is 0 Å². The van der Waals surface area contributed by atoms with Gasteiger partial charge in [0.2, 0.25) is 0 Å². The first-order valence-electron chi connectivity index (χ1n) is 24.1. The molecule has 10 nitrogen and oxygen atoms in total. The summed E-state index contributed by atoms with van der Waals surface area (Å²) in [7, 11) is 0. The minimum Gasteiger partial charge on any atom is -0.494 e. The second-order valence-electron chi connectivity index (χ2n) is 16.3. The summed E-state index contributed by atoms with van der Waals surface area (Å²) >= 11 is 0. The molecule has 0 aliphatic carbocycles. The Hall–Kier alpha value is -5.45. The number of unbranched alkanes of at least 4 members (excludes halogenated alkanes) is 22. The molecule has 0 bridgehead atoms. The lowest BCUT2D eigenvalue weighted by Gasteiger charge is -2.10. The number of hydrogen-bond donors (Lipinski definition) is 0. The number of hydrogen-bond acceptors (Lipinski definition) is 10. The van der Waals surface area contributed by atoms with Gasteiger partial charge in [-0.05, 0) is 86.3 Å². The Morgan fingerprint density at radius 2 is 0.708 bits per heavy atom. The van der Waals surface area contributed by atoms with Crippen LogP contribution in [-0.2, 0) is 19.1 Å². The van der Waals surface area contributed by atoms with E-state index in [4.69, 9.17) is 28.4 Å². The summed E-state index contributed by atoms with van der Waals surface area (Å²) in [5.41, 5.74) is 0.535. The highest BCUT2D eigenvalue weighted by molar-refractivity contribution is 5.92. The zero-order valence-corrected chi connectivity index (χ0v) is 38.7. The molecule has 0 saturated carbocycles. The van der Waals surface area contributed by atoms with Gasteiger partial charge in [0.15, 0.2) is 11.6 Å². The fraction of sp³-hybridized carbons (Fsp3) is 0.519. The normalized spacial score (nSPS) is 10.8. The predicted octanol–water partition coefficient (Wildman–Crippen LogP) is 13.8. The summed E-state index contributed by atoms with van der Waals surface area (Å²) in [5, 5.41) is 0. The van der Waals surface area contributed by atoms with Crippen molar-refractivity contribution in [3.63, 3.8) is 0 Å². The largest absolute Gasteiger partial charge is 0.494 e. The Labute approximate surface area is 387 Å². The Kier molecular flexibility index (Phi) is 28.9. The van der Waals surface area contributed by atoms with Crippen molar-refractivity contribution in [1.82, 2.24) is 0 Å². The van der Waals surface area contributed by atoms with Gasteiger partial charge in [-0.15, -0.1) is 0 Å². The van der Waals surface area contributed by atoms with Crippen LogP contribution >= 0.6 is 0 Å². The van der Waals surface area contributed by atoms with Gasteiger partial charge in [0, 0.05) is 18.2 Å². The third-order valence-corrected chi connectivity index (χ3v) is 10.9. The summed E-state index contributed by atoms with van der Waals surface area (Å²) in [6, 6.07) is 16.8. The van der Waals surface area contributed by atoms with E-state index in [1.165, 1.54) is 127 Å². The minimum absolute atomic E-state index is 0.0202. The van der Waals surface area contributed by atoms with Gasteiger partial charge in [-0.3, -0.25) is 0 Å². The Morgan fingerprint density at radius 3 is 1.05 bits per heavy atom. The molecule has 0 spiro atoms. The molecular weight excluding hydrogens is 828 g/mol. The molecule has 3 aromatic carbocycles. The summed E-state index contributed by atoms with van der Waals surface area (Å²) in [6.45, 7) is 8.93. The molecule has 0 aliphatic heterocycles. The zero-order valence-electron chi connectivity index (χ0n) is 38.7. The van der Waals surface area contributed by atoms with Crippen LogP contribution in [0, 0.1) is 5.82 Å². The maximum absolute atomic E-state index is 14.9. The molecule has 11 heteroatoms. The Morgan fingerprint density at radius 1 is 0.400 bits per heavy atom. The van der Waals surface area contributed by atoms with Gasteiger partial charge in [-0.1, -0.05) is 142 Å². The van der Waals surface area contributed by atoms with Crippen LogP contribution in [0.3, 0.4) is 0 Å². The highest BCUT2D eigenvalue weighted by atomic mass is 19.1. The summed E-state index contributed by atoms with van der Waals surface area (Å²) in [4.78, 5) is 47.5. The number of halogens is 1. The Balaban J connectivity index is 1.19. The summed E-state index contributed by atoms with van der Waals surface area (Å²) in [5.74, 6) is -1.91. The van der Waals surface area contributed by atoms with Crippen LogP contribution in [0.2, 0.25) is 0 Å². The first-order valence-corrected chi connectivity index (χ1v) is 24.1. The quantitative estimate of drug-likeness (QED) is 0.0238. The second kappa shape index (κ2) is 34.9. The zero-order chi connectivity index (χ0) is 46.6. The molecule has 0 saturated heterocycles. The van der Waals surface area contributed by atoms with E-state index in [1.807, 2.05) is 0 Å². The standard InChI is InChI=1S/C54H73FO10/c1-3-51(56)62-41-27-23-19-15-11-7-5-9-13-17-21-25-39-60-46-33-29-44(30-34-46)53(58)64-48-37-38-50(49(55)43-48)65-54(59)45-31-35-47(36-32-45)61-40-26-22-18-14-10-6-8-12-16-20-24-28-42-63-52(57)4-2/h3-4,29-38,43H,1-2,5-28,39-42H2. The lowest BCUT2D eigenvalue weighted by molar-refractivity contribution is -0.138. The first-order chi connectivity index (χ1) is 31.8. The minimum atomic E-state index is -0.841. The average molecular weight is 901 g/mol. The average Bonchev–Trinajstić information content (AvgIpc) is 3.32. The fourth-order valence-corrected chi connectivity index (χ4v) is 7.11. The number of esters is 4. The Bertz CT molecular complexity index is 1810. The van der Waals surface area contributed by atoms with Crippen LogP contribution < -0.4 is 18.9 Å². The maximum Gasteiger partial charge on any atom is 0.343 e. The molecule has 0 radical (unpaired) electrons. The van der Waals surface area contributed by atoms with Gasteiger partial charge in [-0.2, -0.15) is 0 Å². The molecule has 0 amide bonds. The van der Waals surface area contributed by atoms with Gasteiger partial charge in [0.1, 0.15) is 17.2 Å². The van der Waals surface area contributed by atoms with Crippen LogP contribution in [0.5, 0.6) is 23.0 Å². The van der Waals surface area contributed by atoms with E-state index in [0.717, 1.165) is 57.4 Å². The third-order valence-electron chi connectivity index (χ3n) is 10.9. The van der Waals surface area contributed by atoms with Crippen molar-refractivity contribution in [2.45, 2.75) is 154 Å². The number of benzene rings is 3. The topological polar surface area (TPSA) is 124 Å². The highest BCUT2D eigenvalue weighted by Gasteiger charge is 2.16. The molecule has 0 N–H and O–H groups in total. The van der Waals surface area contributed by atoms with Crippen LogP contribution in [-0.4, -0.2) is 50.3 Å². The van der Waals surface area contributed by atoms with E-state index in [0.29, 0.717) is 37.9 Å². The van der Waals surface area contributed by atoms with Crippen molar-refractivity contribution in [1.29, 1.82) is 0 Å². The molecular formula is C54H73FO10. The first kappa shape index (κ1) is 53.9. The lowest BCUT2D eigenvalue weighted by Crippen LogP contribution is -2.11. The molecule has 0 heterocycles. The number of rotatable bonds is 38. The molecule has 0 aliphatic rings. The molecule has 0 aromatic heterocycles. The number of carbonyl (C=O) groups excluding carboxylic acids is 4. The van der Waals surface area contributed by atoms with Crippen molar-refractivity contribution < 1.29 is 52.0 Å². The van der Waals surface area contributed by atoms with Gasteiger partial charge >= 0.3 is 23.9 Å². The van der Waals surface area contributed by atoms with E-state index in [1.54, 1.807) is 48.5 Å². The predicted molar refractivity (Wildman–Crippen MR) is 253 cm³/mol. The van der Waals surface area contributed by atoms with Gasteiger partial charge < -0.3 is 28.4 Å². The van der Waals surface area contributed by atoms with E-state index in [9.17, 15) is 23.6 Å². The van der Waals surface area contributed by atoms with Crippen LogP contribution in [0.15, 0.2) is 92.0 Å². The van der Waals surface area contributed by atoms with Crippen LogP contribution in [0.1, 0.15) is 175 Å². The van der Waals surface area contributed by atoms with E-state index < -0.39 is 17.8 Å². The number of carbonyl (C=O) groups is 4. The second-order valence-corrected chi connectivity index (χ2v) is 16.3. The van der Waals surface area contributed by atoms with Gasteiger partial charge in [0.25, 0.3) is 0 Å². The molecule has 3 rings (SSSR count). The third kappa shape index (κ3) is 25.6. The molecule has 3 aromatic rings. The molecule has 0 atom stereocenters. The van der Waals surface area contributed by atoms with Crippen LogP contribution in [0.25, 0.3) is 0 Å². The molecule has 65 heavy (non-hydrogen) atoms. The van der Waals surface area contributed by atoms with Crippen molar-refractivity contribution in [3.05, 3.63) is 109 Å². The van der Waals surface area contributed by atoms with Crippen molar-refractivity contribution in [2.75, 3.05) is 26.4 Å². The summed E-state index contributed by atoms with van der Waals surface area (Å²) in [6.07, 6.45) is 30.2. The molecule has 0 fully saturated rings. The smallest absolute Gasteiger partial charge is 0.343 e. The molecule has 0 unspecified atom stereocenters. The lowest BCUT2D eigenvalue weighted by atomic mass is 10.1. The van der Waals surface area contributed by atoms with Gasteiger partial charge in [0.05, 0.1) is 37.6 Å².